The molecule has 1 aromatic carbocycles. The average Bonchev–Trinajstić information content (AvgIpc) is 2.80. The summed E-state index contributed by atoms with van der Waals surface area (Å²) in [4.78, 5) is -0.0712. The number of rotatable bonds is 4. The van der Waals surface area contributed by atoms with E-state index in [0.29, 0.717) is 6.42 Å². The van der Waals surface area contributed by atoms with E-state index in [1.165, 1.54) is 0 Å². The number of hydrogen-bond acceptors (Lipinski definition) is 4. The first-order valence-electron chi connectivity index (χ1n) is 6.15. The first-order valence-corrected chi connectivity index (χ1v) is 8.42. The molecule has 1 aliphatic rings. The molecular weight excluding hydrogens is 351 g/mol. The number of anilines is 1. The average molecular weight is 367 g/mol. The Labute approximate surface area is 125 Å². The maximum absolute atomic E-state index is 13.3. The van der Waals surface area contributed by atoms with E-state index < -0.39 is 15.8 Å². The van der Waals surface area contributed by atoms with Gasteiger partial charge in [0.2, 0.25) is 10.0 Å². The summed E-state index contributed by atoms with van der Waals surface area (Å²) in [6.07, 6.45) is 2.29. The van der Waals surface area contributed by atoms with Crippen molar-refractivity contribution in [2.45, 2.75) is 36.3 Å². The van der Waals surface area contributed by atoms with E-state index in [1.807, 2.05) is 0 Å². The minimum atomic E-state index is -3.78. The SMILES string of the molecule is COC1CCCC1NS(=O)(=O)c1cc(N)c(F)cc1Br. The highest BCUT2D eigenvalue weighted by atomic mass is 79.9. The van der Waals surface area contributed by atoms with Gasteiger partial charge in [-0.25, -0.2) is 17.5 Å². The Morgan fingerprint density at radius 1 is 1.45 bits per heavy atom. The van der Waals surface area contributed by atoms with Crippen molar-refractivity contribution >= 4 is 31.6 Å². The molecule has 0 aliphatic heterocycles. The summed E-state index contributed by atoms with van der Waals surface area (Å²) >= 11 is 3.05. The van der Waals surface area contributed by atoms with E-state index >= 15 is 0 Å². The minimum Gasteiger partial charge on any atom is -0.396 e. The Morgan fingerprint density at radius 2 is 2.15 bits per heavy atom. The first-order chi connectivity index (χ1) is 9.35. The van der Waals surface area contributed by atoms with Gasteiger partial charge in [0.15, 0.2) is 0 Å². The second kappa shape index (κ2) is 5.97. The Kier molecular flexibility index (Phi) is 4.68. The molecule has 8 heteroatoms. The van der Waals surface area contributed by atoms with E-state index in [-0.39, 0.29) is 27.2 Å². The van der Waals surface area contributed by atoms with Gasteiger partial charge in [0, 0.05) is 17.6 Å². The first kappa shape index (κ1) is 15.7. The molecule has 2 atom stereocenters. The number of nitrogens with one attached hydrogen (secondary N) is 1. The second-order valence-electron chi connectivity index (χ2n) is 4.74. The molecule has 1 aliphatic carbocycles. The number of nitrogens with two attached hydrogens (primary N) is 1. The van der Waals surface area contributed by atoms with Crippen LogP contribution in [-0.4, -0.2) is 27.7 Å². The molecule has 3 N–H and O–H groups in total. The molecular formula is C12H16BrFN2O3S. The van der Waals surface area contributed by atoms with Crippen LogP contribution in [0.2, 0.25) is 0 Å². The predicted octanol–water partition coefficient (Wildman–Crippen LogP) is 2.02. The van der Waals surface area contributed by atoms with E-state index in [9.17, 15) is 12.8 Å². The van der Waals surface area contributed by atoms with Gasteiger partial charge in [-0.1, -0.05) is 0 Å². The molecule has 1 saturated carbocycles. The highest BCUT2D eigenvalue weighted by Gasteiger charge is 2.32. The van der Waals surface area contributed by atoms with Crippen LogP contribution in [0.5, 0.6) is 0 Å². The third-order valence-electron chi connectivity index (χ3n) is 3.40. The molecule has 5 nitrogen and oxygen atoms in total. The van der Waals surface area contributed by atoms with Crippen LogP contribution in [0.3, 0.4) is 0 Å². The summed E-state index contributed by atoms with van der Waals surface area (Å²) in [6.45, 7) is 0. The van der Waals surface area contributed by atoms with E-state index in [4.69, 9.17) is 10.5 Å². The number of sulfonamides is 1. The molecule has 0 amide bonds. The fraction of sp³-hybridized carbons (Fsp3) is 0.500. The molecule has 0 bridgehead atoms. The van der Waals surface area contributed by atoms with Crippen LogP contribution < -0.4 is 10.5 Å². The van der Waals surface area contributed by atoms with Crippen molar-refractivity contribution in [1.82, 2.24) is 4.72 Å². The molecule has 0 saturated heterocycles. The van der Waals surface area contributed by atoms with Crippen molar-refractivity contribution in [3.63, 3.8) is 0 Å². The van der Waals surface area contributed by atoms with Gasteiger partial charge in [-0.15, -0.1) is 0 Å². The van der Waals surface area contributed by atoms with Gasteiger partial charge in [-0.3, -0.25) is 0 Å². The normalized spacial score (nSPS) is 23.1. The fourth-order valence-electron chi connectivity index (χ4n) is 2.36. The Morgan fingerprint density at radius 3 is 2.80 bits per heavy atom. The zero-order valence-corrected chi connectivity index (χ0v) is 13.3. The summed E-state index contributed by atoms with van der Waals surface area (Å²) in [5.74, 6) is -0.661. The van der Waals surface area contributed by atoms with Gasteiger partial charge < -0.3 is 10.5 Å². The Bertz CT molecular complexity index is 609. The highest BCUT2D eigenvalue weighted by molar-refractivity contribution is 9.10. The quantitative estimate of drug-likeness (QED) is 0.798. The Hall–Kier alpha value is -0.700. The third kappa shape index (κ3) is 3.13. The Balaban J connectivity index is 2.29. The molecule has 2 rings (SSSR count). The van der Waals surface area contributed by atoms with Crippen LogP contribution in [0.15, 0.2) is 21.5 Å². The van der Waals surface area contributed by atoms with Gasteiger partial charge in [-0.05, 0) is 47.3 Å². The molecule has 0 radical (unpaired) electrons. The van der Waals surface area contributed by atoms with Crippen LogP contribution in [0.25, 0.3) is 0 Å². The number of halogens is 2. The summed E-state index contributed by atoms with van der Waals surface area (Å²) in [7, 11) is -2.22. The maximum Gasteiger partial charge on any atom is 0.242 e. The number of ether oxygens (including phenoxy) is 1. The molecule has 2 unspecified atom stereocenters. The number of methoxy groups -OCH3 is 1. The van der Waals surface area contributed by atoms with Gasteiger partial charge >= 0.3 is 0 Å². The molecule has 0 heterocycles. The summed E-state index contributed by atoms with van der Waals surface area (Å²) in [5, 5.41) is 0. The summed E-state index contributed by atoms with van der Waals surface area (Å²) < 4.78 is 46.0. The minimum absolute atomic E-state index is 0.0712. The smallest absolute Gasteiger partial charge is 0.242 e. The van der Waals surface area contributed by atoms with E-state index in [2.05, 4.69) is 20.7 Å². The second-order valence-corrected chi connectivity index (χ2v) is 7.27. The monoisotopic (exact) mass is 366 g/mol. The van der Waals surface area contributed by atoms with Gasteiger partial charge in [0.1, 0.15) is 5.82 Å². The topological polar surface area (TPSA) is 81.4 Å². The van der Waals surface area contributed by atoms with Gasteiger partial charge in [0.05, 0.1) is 16.7 Å². The molecule has 0 spiro atoms. The standard InChI is InChI=1S/C12H16BrFN2O3S/c1-19-11-4-2-3-10(11)16-20(17,18)12-6-9(15)8(14)5-7(12)13/h5-6,10-11,16H,2-4,15H2,1H3. The predicted molar refractivity (Wildman–Crippen MR) is 77.3 cm³/mol. The molecule has 1 fully saturated rings. The number of nitrogen functional groups attached to an aromatic ring is 1. The van der Waals surface area contributed by atoms with Crippen LogP contribution in [0, 0.1) is 5.82 Å². The van der Waals surface area contributed by atoms with E-state index in [0.717, 1.165) is 25.0 Å². The third-order valence-corrected chi connectivity index (χ3v) is 5.85. The molecule has 20 heavy (non-hydrogen) atoms. The van der Waals surface area contributed by atoms with Crippen molar-refractivity contribution in [3.8, 4) is 0 Å². The van der Waals surface area contributed by atoms with Gasteiger partial charge in [0.25, 0.3) is 0 Å². The molecule has 112 valence electrons. The zero-order chi connectivity index (χ0) is 14.9. The van der Waals surface area contributed by atoms with Crippen molar-refractivity contribution < 1.29 is 17.5 Å². The van der Waals surface area contributed by atoms with Crippen LogP contribution >= 0.6 is 15.9 Å². The van der Waals surface area contributed by atoms with Crippen molar-refractivity contribution in [1.29, 1.82) is 0 Å². The van der Waals surface area contributed by atoms with Crippen molar-refractivity contribution in [2.75, 3.05) is 12.8 Å². The fourth-order valence-corrected chi connectivity index (χ4v) is 4.70. The highest BCUT2D eigenvalue weighted by Crippen LogP contribution is 2.29. The lowest BCUT2D eigenvalue weighted by Crippen LogP contribution is -2.40. The lowest BCUT2D eigenvalue weighted by Gasteiger charge is -2.20. The van der Waals surface area contributed by atoms with Crippen molar-refractivity contribution in [2.24, 2.45) is 0 Å². The molecule has 1 aromatic rings. The summed E-state index contributed by atoms with van der Waals surface area (Å²) in [6, 6.07) is 1.88. The van der Waals surface area contributed by atoms with Crippen LogP contribution in [0.1, 0.15) is 19.3 Å². The zero-order valence-electron chi connectivity index (χ0n) is 10.9. The van der Waals surface area contributed by atoms with Crippen LogP contribution in [-0.2, 0) is 14.8 Å². The number of benzene rings is 1. The summed E-state index contributed by atoms with van der Waals surface area (Å²) in [5.41, 5.74) is 5.23. The maximum atomic E-state index is 13.3. The lowest BCUT2D eigenvalue weighted by atomic mass is 10.2. The van der Waals surface area contributed by atoms with E-state index in [1.54, 1.807) is 7.11 Å². The van der Waals surface area contributed by atoms with Gasteiger partial charge in [-0.2, -0.15) is 0 Å². The van der Waals surface area contributed by atoms with Crippen LogP contribution in [0.4, 0.5) is 10.1 Å². The largest absolute Gasteiger partial charge is 0.396 e. The number of hydrogen-bond donors (Lipinski definition) is 2. The molecule has 0 aromatic heterocycles. The lowest BCUT2D eigenvalue weighted by molar-refractivity contribution is 0.0916. The van der Waals surface area contributed by atoms with Crippen molar-refractivity contribution in [3.05, 3.63) is 22.4 Å².